The van der Waals surface area contributed by atoms with Crippen molar-refractivity contribution < 1.29 is 9.53 Å². The highest BCUT2D eigenvalue weighted by molar-refractivity contribution is 6.33. The number of carbonyl (C=O) groups excluding carboxylic acids is 1. The fourth-order valence-electron chi connectivity index (χ4n) is 2.48. The molecule has 1 unspecified atom stereocenters. The minimum Gasteiger partial charge on any atom is -0.385 e. The molecule has 1 aliphatic heterocycles. The molecule has 0 aromatic heterocycles. The Morgan fingerprint density at radius 3 is 2.62 bits per heavy atom. The topological polar surface area (TPSA) is 58.8 Å². The van der Waals surface area contributed by atoms with Crippen LogP contribution in [0, 0.1) is 0 Å². The van der Waals surface area contributed by atoms with Gasteiger partial charge in [-0.2, -0.15) is 0 Å². The van der Waals surface area contributed by atoms with Gasteiger partial charge in [0.1, 0.15) is 0 Å². The summed E-state index contributed by atoms with van der Waals surface area (Å²) in [5.41, 5.74) is 6.92. The van der Waals surface area contributed by atoms with Crippen molar-refractivity contribution in [3.8, 4) is 0 Å². The van der Waals surface area contributed by atoms with Crippen molar-refractivity contribution in [3.63, 3.8) is 0 Å². The molecule has 1 aliphatic rings. The Balaban J connectivity index is 1.88. The van der Waals surface area contributed by atoms with E-state index in [4.69, 9.17) is 22.1 Å². The lowest BCUT2D eigenvalue weighted by molar-refractivity contribution is -0.133. The summed E-state index contributed by atoms with van der Waals surface area (Å²) >= 11 is 6.21. The average Bonchev–Trinajstić information content (AvgIpc) is 2.52. The van der Waals surface area contributed by atoms with Crippen LogP contribution in [0.3, 0.4) is 0 Å². The summed E-state index contributed by atoms with van der Waals surface area (Å²) in [6.45, 7) is 3.39. The van der Waals surface area contributed by atoms with Gasteiger partial charge in [-0.25, -0.2) is 0 Å². The third-order valence-electron chi connectivity index (χ3n) is 3.73. The van der Waals surface area contributed by atoms with Crippen LogP contribution >= 0.6 is 11.6 Å². The molecule has 0 spiro atoms. The molecule has 0 bridgehead atoms. The van der Waals surface area contributed by atoms with Crippen molar-refractivity contribution >= 4 is 23.2 Å². The van der Waals surface area contributed by atoms with E-state index in [-0.39, 0.29) is 5.91 Å². The number of piperazine rings is 1. The molecule has 2 N–H and O–H groups in total. The summed E-state index contributed by atoms with van der Waals surface area (Å²) in [5, 5.41) is 0.745. The number of rotatable bonds is 5. The fraction of sp³-hybridized carbons (Fsp3) is 0.533. The molecule has 1 saturated heterocycles. The number of anilines is 1. The molecule has 6 heteroatoms. The highest BCUT2D eigenvalue weighted by atomic mass is 35.5. The molecule has 21 heavy (non-hydrogen) atoms. The number of hydrogen-bond donors (Lipinski definition) is 1. The van der Waals surface area contributed by atoms with Crippen LogP contribution in [0.5, 0.6) is 0 Å². The third-order valence-corrected chi connectivity index (χ3v) is 4.05. The van der Waals surface area contributed by atoms with Crippen LogP contribution in [0.25, 0.3) is 0 Å². The molecule has 1 aromatic rings. The zero-order chi connectivity index (χ0) is 15.2. The molecule has 1 amide bonds. The van der Waals surface area contributed by atoms with Crippen LogP contribution in [0.1, 0.15) is 6.42 Å². The second kappa shape index (κ2) is 7.64. The number of amides is 1. The highest BCUT2D eigenvalue weighted by Crippen LogP contribution is 2.26. The predicted octanol–water partition coefficient (Wildman–Crippen LogP) is 1.35. The number of ether oxygens (including phenoxy) is 1. The van der Waals surface area contributed by atoms with Crippen LogP contribution < -0.4 is 10.6 Å². The molecule has 116 valence electrons. The predicted molar refractivity (Wildman–Crippen MR) is 84.7 cm³/mol. The van der Waals surface area contributed by atoms with E-state index < -0.39 is 6.04 Å². The van der Waals surface area contributed by atoms with E-state index in [1.165, 1.54) is 0 Å². The van der Waals surface area contributed by atoms with Crippen molar-refractivity contribution in [1.29, 1.82) is 0 Å². The lowest BCUT2D eigenvalue weighted by Gasteiger charge is -2.37. The van der Waals surface area contributed by atoms with Gasteiger partial charge < -0.3 is 20.3 Å². The van der Waals surface area contributed by atoms with E-state index in [9.17, 15) is 4.79 Å². The second-order valence-corrected chi connectivity index (χ2v) is 5.56. The van der Waals surface area contributed by atoms with E-state index in [2.05, 4.69) is 4.90 Å². The monoisotopic (exact) mass is 311 g/mol. The van der Waals surface area contributed by atoms with Gasteiger partial charge in [0.05, 0.1) is 16.8 Å². The van der Waals surface area contributed by atoms with E-state index in [1.54, 1.807) is 7.11 Å². The Labute approximate surface area is 130 Å². The van der Waals surface area contributed by atoms with E-state index >= 15 is 0 Å². The average molecular weight is 312 g/mol. The van der Waals surface area contributed by atoms with Gasteiger partial charge in [-0.3, -0.25) is 4.79 Å². The Morgan fingerprint density at radius 2 is 2.00 bits per heavy atom. The number of nitrogens with zero attached hydrogens (tertiary/aromatic N) is 2. The molecule has 0 saturated carbocycles. The first-order valence-electron chi connectivity index (χ1n) is 7.16. The number of nitrogens with two attached hydrogens (primary N) is 1. The summed E-state index contributed by atoms with van der Waals surface area (Å²) in [6.07, 6.45) is 0.556. The van der Waals surface area contributed by atoms with E-state index in [1.807, 2.05) is 29.2 Å². The van der Waals surface area contributed by atoms with Crippen LogP contribution in [0.15, 0.2) is 24.3 Å². The van der Waals surface area contributed by atoms with E-state index in [0.717, 1.165) is 23.8 Å². The third kappa shape index (κ3) is 4.09. The summed E-state index contributed by atoms with van der Waals surface area (Å²) in [6, 6.07) is 7.30. The fourth-order valence-corrected chi connectivity index (χ4v) is 2.73. The van der Waals surface area contributed by atoms with Crippen LogP contribution in [0.4, 0.5) is 5.69 Å². The standard InChI is InChI=1S/C15H22ClN3O2/c1-21-11-6-13(17)15(20)19-9-7-18(8-10-19)14-5-3-2-4-12(14)16/h2-5,13H,6-11,17H2,1H3. The molecule has 1 heterocycles. The van der Waals surface area contributed by atoms with Gasteiger partial charge in [0.15, 0.2) is 0 Å². The smallest absolute Gasteiger partial charge is 0.239 e. The Morgan fingerprint density at radius 1 is 1.33 bits per heavy atom. The highest BCUT2D eigenvalue weighted by Gasteiger charge is 2.25. The number of carbonyl (C=O) groups is 1. The number of halogens is 1. The largest absolute Gasteiger partial charge is 0.385 e. The number of hydrogen-bond acceptors (Lipinski definition) is 4. The maximum atomic E-state index is 12.2. The summed E-state index contributed by atoms with van der Waals surface area (Å²) in [7, 11) is 1.61. The lowest BCUT2D eigenvalue weighted by atomic mass is 10.1. The molecule has 5 nitrogen and oxygen atoms in total. The molecule has 0 aliphatic carbocycles. The van der Waals surface area contributed by atoms with Gasteiger partial charge in [-0.1, -0.05) is 23.7 Å². The summed E-state index contributed by atoms with van der Waals surface area (Å²) in [4.78, 5) is 16.2. The first-order chi connectivity index (χ1) is 10.1. The van der Waals surface area contributed by atoms with Crippen molar-refractivity contribution in [1.82, 2.24) is 4.90 Å². The lowest BCUT2D eigenvalue weighted by Crippen LogP contribution is -2.53. The van der Waals surface area contributed by atoms with Crippen LogP contribution in [-0.4, -0.2) is 56.7 Å². The van der Waals surface area contributed by atoms with Crippen LogP contribution in [0.2, 0.25) is 5.02 Å². The first kappa shape index (κ1) is 16.1. The summed E-state index contributed by atoms with van der Waals surface area (Å²) < 4.78 is 4.96. The summed E-state index contributed by atoms with van der Waals surface area (Å²) in [5.74, 6) is 0.00542. The number of methoxy groups -OCH3 is 1. The normalized spacial score (nSPS) is 16.9. The van der Waals surface area contributed by atoms with Gasteiger partial charge in [0.2, 0.25) is 5.91 Å². The molecular weight excluding hydrogens is 290 g/mol. The Kier molecular flexibility index (Phi) is 5.85. The minimum atomic E-state index is -0.475. The quantitative estimate of drug-likeness (QED) is 0.892. The van der Waals surface area contributed by atoms with Gasteiger partial charge in [0, 0.05) is 39.9 Å². The van der Waals surface area contributed by atoms with Crippen LogP contribution in [-0.2, 0) is 9.53 Å². The van der Waals surface area contributed by atoms with Crippen molar-refractivity contribution in [3.05, 3.63) is 29.3 Å². The molecule has 2 rings (SSSR count). The Bertz CT molecular complexity index is 476. The first-order valence-corrected chi connectivity index (χ1v) is 7.54. The molecule has 0 radical (unpaired) electrons. The minimum absolute atomic E-state index is 0.00542. The molecule has 1 atom stereocenters. The molecular formula is C15H22ClN3O2. The van der Waals surface area contributed by atoms with Gasteiger partial charge >= 0.3 is 0 Å². The van der Waals surface area contributed by atoms with E-state index in [0.29, 0.717) is 26.1 Å². The zero-order valence-corrected chi connectivity index (χ0v) is 13.1. The molecule has 1 aromatic carbocycles. The van der Waals surface area contributed by atoms with Crippen molar-refractivity contribution in [2.45, 2.75) is 12.5 Å². The SMILES string of the molecule is COCCC(N)C(=O)N1CCN(c2ccccc2Cl)CC1. The number of benzene rings is 1. The van der Waals surface area contributed by atoms with Gasteiger partial charge in [-0.15, -0.1) is 0 Å². The maximum absolute atomic E-state index is 12.2. The maximum Gasteiger partial charge on any atom is 0.239 e. The molecule has 1 fully saturated rings. The van der Waals surface area contributed by atoms with Crippen molar-refractivity contribution in [2.24, 2.45) is 5.73 Å². The van der Waals surface area contributed by atoms with Gasteiger partial charge in [-0.05, 0) is 18.6 Å². The number of para-hydroxylation sites is 1. The Hall–Kier alpha value is -1.30. The zero-order valence-electron chi connectivity index (χ0n) is 12.3. The van der Waals surface area contributed by atoms with Gasteiger partial charge in [0.25, 0.3) is 0 Å². The van der Waals surface area contributed by atoms with Crippen molar-refractivity contribution in [2.75, 3.05) is 44.8 Å². The second-order valence-electron chi connectivity index (χ2n) is 5.15.